The molecule has 1 saturated carbocycles. The van der Waals surface area contributed by atoms with Crippen LogP contribution in [0.5, 0.6) is 0 Å². The molecule has 4 rings (SSSR count). The van der Waals surface area contributed by atoms with E-state index in [0.29, 0.717) is 28.8 Å². The molecule has 27 heavy (non-hydrogen) atoms. The van der Waals surface area contributed by atoms with E-state index in [-0.39, 0.29) is 15.6 Å². The summed E-state index contributed by atoms with van der Waals surface area (Å²) in [6, 6.07) is 8.53. The van der Waals surface area contributed by atoms with Gasteiger partial charge in [0.15, 0.2) is 0 Å². The second-order valence-corrected chi connectivity index (χ2v) is 8.50. The number of halogens is 2. The third-order valence-electron chi connectivity index (χ3n) is 4.28. The van der Waals surface area contributed by atoms with Crippen LogP contribution in [-0.4, -0.2) is 18.6 Å². The Morgan fingerprint density at radius 2 is 2.00 bits per heavy atom. The SMILES string of the molecule is Cc1ccc(-c2noc(C3CC3)n2)cc1S(=O)(=O)Nc1ccc(F)c(Cl)c1. The maximum Gasteiger partial charge on any atom is 0.262 e. The van der Waals surface area contributed by atoms with Crippen molar-refractivity contribution < 1.29 is 17.3 Å². The van der Waals surface area contributed by atoms with E-state index in [0.717, 1.165) is 18.9 Å². The van der Waals surface area contributed by atoms with Crippen molar-refractivity contribution >= 4 is 27.3 Å². The largest absolute Gasteiger partial charge is 0.339 e. The first kappa shape index (κ1) is 17.9. The molecule has 140 valence electrons. The van der Waals surface area contributed by atoms with Crippen LogP contribution in [0, 0.1) is 12.7 Å². The molecule has 0 radical (unpaired) electrons. The van der Waals surface area contributed by atoms with Gasteiger partial charge in [-0.05, 0) is 49.6 Å². The van der Waals surface area contributed by atoms with Crippen molar-refractivity contribution in [2.45, 2.75) is 30.6 Å². The molecule has 1 fully saturated rings. The third kappa shape index (κ3) is 3.68. The van der Waals surface area contributed by atoms with Gasteiger partial charge in [-0.3, -0.25) is 4.72 Å². The maximum atomic E-state index is 13.3. The van der Waals surface area contributed by atoms with E-state index in [9.17, 15) is 12.8 Å². The summed E-state index contributed by atoms with van der Waals surface area (Å²) in [5, 5.41) is 3.78. The van der Waals surface area contributed by atoms with Gasteiger partial charge in [-0.15, -0.1) is 0 Å². The summed E-state index contributed by atoms with van der Waals surface area (Å²) in [5.41, 5.74) is 1.25. The zero-order valence-corrected chi connectivity index (χ0v) is 15.8. The van der Waals surface area contributed by atoms with Gasteiger partial charge in [-0.1, -0.05) is 28.9 Å². The molecule has 0 atom stereocenters. The minimum absolute atomic E-state index is 0.0678. The number of benzene rings is 2. The lowest BCUT2D eigenvalue weighted by atomic mass is 10.1. The average Bonchev–Trinajstić information content (AvgIpc) is 3.35. The quantitative estimate of drug-likeness (QED) is 0.672. The molecular weight excluding hydrogens is 393 g/mol. The van der Waals surface area contributed by atoms with Gasteiger partial charge < -0.3 is 4.52 Å². The first-order valence-corrected chi connectivity index (χ1v) is 10.1. The molecule has 1 heterocycles. The summed E-state index contributed by atoms with van der Waals surface area (Å²) in [5.74, 6) is 0.610. The summed E-state index contributed by atoms with van der Waals surface area (Å²) in [6.45, 7) is 1.68. The van der Waals surface area contributed by atoms with Crippen LogP contribution in [0.2, 0.25) is 5.02 Å². The zero-order valence-electron chi connectivity index (χ0n) is 14.2. The van der Waals surface area contributed by atoms with Gasteiger partial charge in [-0.2, -0.15) is 4.98 Å². The van der Waals surface area contributed by atoms with Crippen LogP contribution in [0.1, 0.15) is 30.2 Å². The zero-order chi connectivity index (χ0) is 19.2. The van der Waals surface area contributed by atoms with Gasteiger partial charge in [0.1, 0.15) is 5.82 Å². The van der Waals surface area contributed by atoms with E-state index in [4.69, 9.17) is 16.1 Å². The van der Waals surface area contributed by atoms with Crippen molar-refractivity contribution in [3.8, 4) is 11.4 Å². The highest BCUT2D eigenvalue weighted by Crippen LogP contribution is 2.39. The van der Waals surface area contributed by atoms with E-state index in [1.165, 1.54) is 18.2 Å². The molecule has 0 bridgehead atoms. The number of anilines is 1. The number of hydrogen-bond donors (Lipinski definition) is 1. The molecule has 1 N–H and O–H groups in total. The number of nitrogens with zero attached hydrogens (tertiary/aromatic N) is 2. The summed E-state index contributed by atoms with van der Waals surface area (Å²) in [6.07, 6.45) is 2.05. The van der Waals surface area contributed by atoms with Crippen LogP contribution >= 0.6 is 11.6 Å². The molecule has 0 unspecified atom stereocenters. The number of nitrogens with one attached hydrogen (secondary N) is 1. The van der Waals surface area contributed by atoms with Gasteiger partial charge in [0.2, 0.25) is 11.7 Å². The predicted octanol–water partition coefficient (Wildman–Crippen LogP) is 4.52. The number of hydrogen-bond acceptors (Lipinski definition) is 5. The Morgan fingerprint density at radius 3 is 2.70 bits per heavy atom. The van der Waals surface area contributed by atoms with Crippen molar-refractivity contribution in [3.05, 3.63) is 58.7 Å². The molecule has 0 aliphatic heterocycles. The van der Waals surface area contributed by atoms with Gasteiger partial charge in [-0.25, -0.2) is 12.8 Å². The summed E-state index contributed by atoms with van der Waals surface area (Å²) in [4.78, 5) is 4.42. The smallest absolute Gasteiger partial charge is 0.262 e. The van der Waals surface area contributed by atoms with E-state index < -0.39 is 15.8 Å². The fraction of sp³-hybridized carbons (Fsp3) is 0.222. The lowest BCUT2D eigenvalue weighted by molar-refractivity contribution is 0.380. The van der Waals surface area contributed by atoms with Gasteiger partial charge >= 0.3 is 0 Å². The first-order chi connectivity index (χ1) is 12.8. The molecule has 9 heteroatoms. The Morgan fingerprint density at radius 1 is 1.22 bits per heavy atom. The van der Waals surface area contributed by atoms with Gasteiger partial charge in [0.25, 0.3) is 10.0 Å². The Labute approximate surface area is 160 Å². The van der Waals surface area contributed by atoms with Crippen molar-refractivity contribution in [2.24, 2.45) is 0 Å². The van der Waals surface area contributed by atoms with Crippen LogP contribution in [-0.2, 0) is 10.0 Å². The Bertz CT molecular complexity index is 1130. The predicted molar refractivity (Wildman–Crippen MR) is 98.7 cm³/mol. The third-order valence-corrected chi connectivity index (χ3v) is 6.09. The molecule has 2 aromatic carbocycles. The topological polar surface area (TPSA) is 85.1 Å². The molecule has 0 amide bonds. The Kier molecular flexibility index (Phi) is 4.39. The highest BCUT2D eigenvalue weighted by atomic mass is 35.5. The molecule has 3 aromatic rings. The number of aromatic nitrogens is 2. The Balaban J connectivity index is 1.67. The minimum atomic E-state index is -3.92. The van der Waals surface area contributed by atoms with E-state index in [1.807, 2.05) is 0 Å². The summed E-state index contributed by atoms with van der Waals surface area (Å²) in [7, 11) is -3.92. The van der Waals surface area contributed by atoms with Crippen molar-refractivity contribution in [2.75, 3.05) is 4.72 Å². The van der Waals surface area contributed by atoms with E-state index in [1.54, 1.807) is 19.1 Å². The monoisotopic (exact) mass is 407 g/mol. The van der Waals surface area contributed by atoms with Gasteiger partial charge in [0, 0.05) is 11.5 Å². The average molecular weight is 408 g/mol. The van der Waals surface area contributed by atoms with Crippen molar-refractivity contribution in [1.82, 2.24) is 10.1 Å². The maximum absolute atomic E-state index is 13.3. The minimum Gasteiger partial charge on any atom is -0.339 e. The highest BCUT2D eigenvalue weighted by molar-refractivity contribution is 7.92. The second-order valence-electron chi connectivity index (χ2n) is 6.45. The second kappa shape index (κ2) is 6.61. The molecule has 1 aliphatic rings. The molecule has 1 aromatic heterocycles. The molecular formula is C18H15ClFN3O3S. The molecule has 0 spiro atoms. The van der Waals surface area contributed by atoms with Crippen LogP contribution in [0.25, 0.3) is 11.4 Å². The molecule has 0 saturated heterocycles. The first-order valence-electron chi connectivity index (χ1n) is 8.26. The number of aryl methyl sites for hydroxylation is 1. The Hall–Kier alpha value is -2.45. The van der Waals surface area contributed by atoms with Crippen LogP contribution in [0.3, 0.4) is 0 Å². The van der Waals surface area contributed by atoms with Crippen molar-refractivity contribution in [1.29, 1.82) is 0 Å². The molecule has 1 aliphatic carbocycles. The van der Waals surface area contributed by atoms with Crippen LogP contribution in [0.4, 0.5) is 10.1 Å². The normalized spacial score (nSPS) is 14.3. The number of rotatable bonds is 5. The lowest BCUT2D eigenvalue weighted by Crippen LogP contribution is -2.14. The van der Waals surface area contributed by atoms with E-state index in [2.05, 4.69) is 14.9 Å². The van der Waals surface area contributed by atoms with Crippen LogP contribution in [0.15, 0.2) is 45.8 Å². The lowest BCUT2D eigenvalue weighted by Gasteiger charge is -2.11. The fourth-order valence-electron chi connectivity index (χ4n) is 2.65. The summed E-state index contributed by atoms with van der Waals surface area (Å²) >= 11 is 5.72. The number of sulfonamides is 1. The summed E-state index contributed by atoms with van der Waals surface area (Å²) < 4.78 is 46.6. The van der Waals surface area contributed by atoms with E-state index >= 15 is 0 Å². The standard InChI is InChI=1S/C18H15ClFN3O3S/c1-10-2-3-12(17-21-18(26-22-17)11-4-5-11)8-16(10)27(24,25)23-13-6-7-15(20)14(19)9-13/h2-3,6-9,11,23H,4-5H2,1H3. The van der Waals surface area contributed by atoms with Crippen molar-refractivity contribution in [3.63, 3.8) is 0 Å². The van der Waals surface area contributed by atoms with Crippen LogP contribution < -0.4 is 4.72 Å². The fourth-order valence-corrected chi connectivity index (χ4v) is 4.15. The van der Waals surface area contributed by atoms with Gasteiger partial charge in [0.05, 0.1) is 15.6 Å². The highest BCUT2D eigenvalue weighted by Gasteiger charge is 2.30. The molecule has 6 nitrogen and oxygen atoms in total.